The summed E-state index contributed by atoms with van der Waals surface area (Å²) in [6.07, 6.45) is 0. The number of hydrogen-bond acceptors (Lipinski definition) is 2. The molecule has 0 aromatic heterocycles. The lowest BCUT2D eigenvalue weighted by Crippen LogP contribution is -2.45. The van der Waals surface area contributed by atoms with Crippen LogP contribution >= 0.6 is 0 Å². The third-order valence-electron chi connectivity index (χ3n) is 1.54. The predicted molar refractivity (Wildman–Crippen MR) is 34.6 cm³/mol. The average molecular weight is 127 g/mol. The first kappa shape index (κ1) is 6.55. The Morgan fingerprint density at radius 3 is 2.67 bits per heavy atom. The summed E-state index contributed by atoms with van der Waals surface area (Å²) in [7, 11) is 5.48. The fraction of sp³-hybridized carbons (Fsp3) is 0.667. The molecule has 0 aromatic carbocycles. The maximum absolute atomic E-state index is 10.8. The van der Waals surface area contributed by atoms with Crippen molar-refractivity contribution in [2.45, 2.75) is 0 Å². The van der Waals surface area contributed by atoms with Gasteiger partial charge in [0.05, 0.1) is 6.54 Å². The van der Waals surface area contributed by atoms with Crippen LogP contribution in [0.15, 0.2) is 0 Å². The first-order valence-corrected chi connectivity index (χ1v) is 2.99. The van der Waals surface area contributed by atoms with Crippen molar-refractivity contribution >= 4 is 5.91 Å². The minimum absolute atomic E-state index is 0.163. The molecule has 0 aliphatic carbocycles. The topological polar surface area (TPSA) is 23.6 Å². The third kappa shape index (κ3) is 1.42. The molecule has 1 saturated heterocycles. The van der Waals surface area contributed by atoms with Crippen LogP contribution in [0.3, 0.4) is 0 Å². The summed E-state index contributed by atoms with van der Waals surface area (Å²) in [5.74, 6) is 0.163. The number of nitrogens with zero attached hydrogens (tertiary/aromatic N) is 2. The zero-order valence-corrected chi connectivity index (χ0v) is 5.63. The highest BCUT2D eigenvalue weighted by atomic mass is 16.2. The van der Waals surface area contributed by atoms with E-state index in [-0.39, 0.29) is 5.91 Å². The van der Waals surface area contributed by atoms with Gasteiger partial charge in [0, 0.05) is 27.2 Å². The molecular formula is C6H11N2O. The summed E-state index contributed by atoms with van der Waals surface area (Å²) in [4.78, 5) is 14.4. The summed E-state index contributed by atoms with van der Waals surface area (Å²) >= 11 is 0. The van der Waals surface area contributed by atoms with Gasteiger partial charge >= 0.3 is 0 Å². The lowest BCUT2D eigenvalue weighted by atomic mass is 10.3. The van der Waals surface area contributed by atoms with Crippen molar-refractivity contribution in [3.05, 3.63) is 7.05 Å². The molecule has 3 nitrogen and oxygen atoms in total. The van der Waals surface area contributed by atoms with E-state index in [0.717, 1.165) is 13.1 Å². The van der Waals surface area contributed by atoms with E-state index >= 15 is 0 Å². The van der Waals surface area contributed by atoms with Gasteiger partial charge in [-0.05, 0) is 0 Å². The molecule has 1 rings (SSSR count). The van der Waals surface area contributed by atoms with Crippen LogP contribution in [0.1, 0.15) is 0 Å². The summed E-state index contributed by atoms with van der Waals surface area (Å²) in [6, 6.07) is 0. The Bertz CT molecular complexity index is 124. The molecule has 0 spiro atoms. The molecule has 0 unspecified atom stereocenters. The Morgan fingerprint density at radius 1 is 1.56 bits per heavy atom. The molecule has 0 saturated carbocycles. The van der Waals surface area contributed by atoms with E-state index in [1.54, 1.807) is 9.80 Å². The minimum Gasteiger partial charge on any atom is -0.343 e. The van der Waals surface area contributed by atoms with Crippen LogP contribution in [0.4, 0.5) is 0 Å². The fourth-order valence-corrected chi connectivity index (χ4v) is 0.807. The smallest absolute Gasteiger partial charge is 0.236 e. The van der Waals surface area contributed by atoms with Crippen LogP contribution in [0.2, 0.25) is 0 Å². The highest BCUT2D eigenvalue weighted by Gasteiger charge is 2.16. The molecule has 1 amide bonds. The van der Waals surface area contributed by atoms with E-state index < -0.39 is 0 Å². The molecule has 9 heavy (non-hydrogen) atoms. The highest BCUT2D eigenvalue weighted by Crippen LogP contribution is 1.97. The quantitative estimate of drug-likeness (QED) is 0.440. The normalized spacial score (nSPS) is 22.9. The van der Waals surface area contributed by atoms with Crippen molar-refractivity contribution in [3.63, 3.8) is 0 Å². The minimum atomic E-state index is 0.163. The van der Waals surface area contributed by atoms with E-state index in [0.29, 0.717) is 6.54 Å². The van der Waals surface area contributed by atoms with Crippen molar-refractivity contribution in [1.82, 2.24) is 9.80 Å². The van der Waals surface area contributed by atoms with Gasteiger partial charge in [-0.25, -0.2) is 0 Å². The number of piperazine rings is 1. The molecule has 1 fully saturated rings. The largest absolute Gasteiger partial charge is 0.343 e. The Balaban J connectivity index is 2.44. The van der Waals surface area contributed by atoms with E-state index in [1.807, 2.05) is 7.05 Å². The van der Waals surface area contributed by atoms with Gasteiger partial charge in [0.2, 0.25) is 5.91 Å². The van der Waals surface area contributed by atoms with Crippen LogP contribution in [-0.4, -0.2) is 42.4 Å². The number of rotatable bonds is 0. The SMILES string of the molecule is [CH2]N1CCN(C)C(=O)C1. The van der Waals surface area contributed by atoms with Crippen LogP contribution in [0, 0.1) is 7.05 Å². The van der Waals surface area contributed by atoms with Gasteiger partial charge in [0.1, 0.15) is 0 Å². The van der Waals surface area contributed by atoms with Gasteiger partial charge in [-0.15, -0.1) is 0 Å². The molecule has 0 aromatic rings. The monoisotopic (exact) mass is 127 g/mol. The van der Waals surface area contributed by atoms with Gasteiger partial charge in [-0.1, -0.05) is 0 Å². The van der Waals surface area contributed by atoms with Crippen molar-refractivity contribution in [1.29, 1.82) is 0 Å². The van der Waals surface area contributed by atoms with E-state index in [2.05, 4.69) is 7.05 Å². The Kier molecular flexibility index (Phi) is 1.71. The first-order chi connectivity index (χ1) is 4.20. The molecule has 1 radical (unpaired) electrons. The fourth-order valence-electron chi connectivity index (χ4n) is 0.807. The molecule has 0 N–H and O–H groups in total. The summed E-state index contributed by atoms with van der Waals surface area (Å²) < 4.78 is 0. The zero-order chi connectivity index (χ0) is 6.85. The second kappa shape index (κ2) is 2.35. The average Bonchev–Trinajstić information content (AvgIpc) is 1.80. The van der Waals surface area contributed by atoms with Gasteiger partial charge in [-0.2, -0.15) is 0 Å². The van der Waals surface area contributed by atoms with Gasteiger partial charge < -0.3 is 4.90 Å². The van der Waals surface area contributed by atoms with Crippen molar-refractivity contribution in [3.8, 4) is 0 Å². The summed E-state index contributed by atoms with van der Waals surface area (Å²) in [5, 5.41) is 0. The van der Waals surface area contributed by atoms with E-state index in [1.165, 1.54) is 0 Å². The van der Waals surface area contributed by atoms with Gasteiger partial charge in [-0.3, -0.25) is 9.69 Å². The second-order valence-corrected chi connectivity index (χ2v) is 2.37. The molecule has 1 aliphatic heterocycles. The standard InChI is InChI=1S/C6H11N2O/c1-7-3-4-8(2)6(9)5-7/h1,3-5H2,2H3. The molecule has 51 valence electrons. The zero-order valence-electron chi connectivity index (χ0n) is 5.63. The molecule has 0 bridgehead atoms. The third-order valence-corrected chi connectivity index (χ3v) is 1.54. The predicted octanol–water partition coefficient (Wildman–Crippen LogP) is -0.448. The van der Waals surface area contributed by atoms with Crippen molar-refractivity contribution in [2.24, 2.45) is 0 Å². The molecule has 1 aliphatic rings. The van der Waals surface area contributed by atoms with Crippen molar-refractivity contribution in [2.75, 3.05) is 26.7 Å². The number of carbonyl (C=O) groups is 1. The second-order valence-electron chi connectivity index (χ2n) is 2.37. The number of carbonyl (C=O) groups excluding carboxylic acids is 1. The lowest BCUT2D eigenvalue weighted by Gasteiger charge is -2.28. The van der Waals surface area contributed by atoms with E-state index in [9.17, 15) is 4.79 Å². The van der Waals surface area contributed by atoms with Crippen LogP contribution < -0.4 is 0 Å². The highest BCUT2D eigenvalue weighted by molar-refractivity contribution is 5.78. The van der Waals surface area contributed by atoms with E-state index in [4.69, 9.17) is 0 Å². The van der Waals surface area contributed by atoms with Crippen LogP contribution in [0.5, 0.6) is 0 Å². The number of likely N-dealkylation sites (N-methyl/N-ethyl adjacent to an activating group) is 1. The van der Waals surface area contributed by atoms with Gasteiger partial charge in [0.25, 0.3) is 0 Å². The Labute approximate surface area is 55.2 Å². The van der Waals surface area contributed by atoms with Gasteiger partial charge in [0.15, 0.2) is 0 Å². The Hall–Kier alpha value is -0.570. The molecule has 1 heterocycles. The summed E-state index contributed by atoms with van der Waals surface area (Å²) in [5.41, 5.74) is 0. The molecule has 3 heteroatoms. The van der Waals surface area contributed by atoms with Crippen LogP contribution in [0.25, 0.3) is 0 Å². The lowest BCUT2D eigenvalue weighted by molar-refractivity contribution is -0.133. The van der Waals surface area contributed by atoms with Crippen molar-refractivity contribution < 1.29 is 4.79 Å². The molecular weight excluding hydrogens is 116 g/mol. The maximum atomic E-state index is 10.8. The maximum Gasteiger partial charge on any atom is 0.236 e. The Morgan fingerprint density at radius 2 is 2.22 bits per heavy atom. The number of amides is 1. The summed E-state index contributed by atoms with van der Waals surface area (Å²) in [6.45, 7) is 2.17. The number of hydrogen-bond donors (Lipinski definition) is 0. The van der Waals surface area contributed by atoms with Crippen LogP contribution in [-0.2, 0) is 4.79 Å². The first-order valence-electron chi connectivity index (χ1n) is 2.99. The molecule has 0 atom stereocenters.